The summed E-state index contributed by atoms with van der Waals surface area (Å²) in [7, 11) is 2.27. The standard InChI is InChI=1S/C15H29NO/c1-11(2)14-8-7-13(17)9-15(14)16(3)10-12-5-4-6-12/h11-15,17H,4-10H2,1-3H3. The number of nitrogens with zero attached hydrogens (tertiary/aromatic N) is 1. The van der Waals surface area contributed by atoms with Crippen molar-refractivity contribution in [3.8, 4) is 0 Å². The van der Waals surface area contributed by atoms with Crippen molar-refractivity contribution in [3.63, 3.8) is 0 Å². The molecule has 2 fully saturated rings. The quantitative estimate of drug-likeness (QED) is 0.815. The average Bonchev–Trinajstić information content (AvgIpc) is 2.22. The molecular formula is C15H29NO. The molecule has 2 aliphatic carbocycles. The Bertz CT molecular complexity index is 237. The van der Waals surface area contributed by atoms with Gasteiger partial charge in [0.15, 0.2) is 0 Å². The topological polar surface area (TPSA) is 23.5 Å². The summed E-state index contributed by atoms with van der Waals surface area (Å²) >= 11 is 0. The van der Waals surface area contributed by atoms with Crippen LogP contribution in [0.1, 0.15) is 52.4 Å². The van der Waals surface area contributed by atoms with Gasteiger partial charge in [-0.05, 0) is 56.9 Å². The maximum atomic E-state index is 9.91. The van der Waals surface area contributed by atoms with Crippen molar-refractivity contribution >= 4 is 0 Å². The first kappa shape index (κ1) is 13.4. The van der Waals surface area contributed by atoms with Crippen LogP contribution in [-0.4, -0.2) is 35.7 Å². The second kappa shape index (κ2) is 5.71. The SMILES string of the molecule is CC(C)C1CCC(O)CC1N(C)CC1CCC1. The zero-order chi connectivity index (χ0) is 12.4. The lowest BCUT2D eigenvalue weighted by Crippen LogP contribution is -2.47. The van der Waals surface area contributed by atoms with Gasteiger partial charge >= 0.3 is 0 Å². The molecule has 0 aromatic heterocycles. The molecule has 0 spiro atoms. The summed E-state index contributed by atoms with van der Waals surface area (Å²) in [5, 5.41) is 9.91. The Morgan fingerprint density at radius 2 is 1.88 bits per heavy atom. The van der Waals surface area contributed by atoms with E-state index in [1.807, 2.05) is 0 Å². The van der Waals surface area contributed by atoms with E-state index < -0.39 is 0 Å². The third-order valence-electron chi connectivity index (χ3n) is 5.03. The molecule has 0 saturated heterocycles. The van der Waals surface area contributed by atoms with Gasteiger partial charge in [0, 0.05) is 12.6 Å². The van der Waals surface area contributed by atoms with Crippen LogP contribution in [0.25, 0.3) is 0 Å². The smallest absolute Gasteiger partial charge is 0.0555 e. The van der Waals surface area contributed by atoms with Crippen molar-refractivity contribution < 1.29 is 5.11 Å². The van der Waals surface area contributed by atoms with Gasteiger partial charge in [0.05, 0.1) is 6.10 Å². The Morgan fingerprint density at radius 1 is 1.18 bits per heavy atom. The Hall–Kier alpha value is -0.0800. The molecule has 2 nitrogen and oxygen atoms in total. The van der Waals surface area contributed by atoms with Crippen LogP contribution in [0.4, 0.5) is 0 Å². The van der Waals surface area contributed by atoms with Crippen molar-refractivity contribution in [2.24, 2.45) is 17.8 Å². The fraction of sp³-hybridized carbons (Fsp3) is 1.00. The third-order valence-corrected chi connectivity index (χ3v) is 5.03. The van der Waals surface area contributed by atoms with E-state index in [2.05, 4.69) is 25.8 Å². The predicted molar refractivity (Wildman–Crippen MR) is 71.9 cm³/mol. The number of hydrogen-bond acceptors (Lipinski definition) is 2. The maximum absolute atomic E-state index is 9.91. The fourth-order valence-electron chi connectivity index (χ4n) is 3.65. The number of rotatable bonds is 4. The number of aliphatic hydroxyl groups excluding tert-OH is 1. The van der Waals surface area contributed by atoms with E-state index in [4.69, 9.17) is 0 Å². The molecular weight excluding hydrogens is 210 g/mol. The predicted octanol–water partition coefficient (Wildman–Crippen LogP) is 2.90. The molecule has 2 aliphatic rings. The first-order valence-corrected chi connectivity index (χ1v) is 7.46. The largest absolute Gasteiger partial charge is 0.393 e. The normalized spacial score (nSPS) is 35.3. The van der Waals surface area contributed by atoms with Crippen molar-refractivity contribution in [1.82, 2.24) is 4.90 Å². The van der Waals surface area contributed by atoms with Crippen molar-refractivity contribution in [2.75, 3.05) is 13.6 Å². The van der Waals surface area contributed by atoms with E-state index in [-0.39, 0.29) is 6.10 Å². The second-order valence-electron chi connectivity index (χ2n) is 6.68. The number of aliphatic hydroxyl groups is 1. The minimum Gasteiger partial charge on any atom is -0.393 e. The third kappa shape index (κ3) is 3.23. The summed E-state index contributed by atoms with van der Waals surface area (Å²) in [6, 6.07) is 0.611. The molecule has 2 heteroatoms. The lowest BCUT2D eigenvalue weighted by Gasteiger charge is -2.44. The van der Waals surface area contributed by atoms with Gasteiger partial charge in [-0.3, -0.25) is 0 Å². The molecule has 100 valence electrons. The molecule has 2 saturated carbocycles. The molecule has 0 heterocycles. The highest BCUT2D eigenvalue weighted by atomic mass is 16.3. The molecule has 0 aliphatic heterocycles. The van der Waals surface area contributed by atoms with Gasteiger partial charge in [-0.2, -0.15) is 0 Å². The molecule has 0 bridgehead atoms. The zero-order valence-corrected chi connectivity index (χ0v) is 11.7. The van der Waals surface area contributed by atoms with E-state index in [9.17, 15) is 5.11 Å². The summed E-state index contributed by atoms with van der Waals surface area (Å²) in [4.78, 5) is 2.55. The zero-order valence-electron chi connectivity index (χ0n) is 11.7. The van der Waals surface area contributed by atoms with E-state index in [1.54, 1.807) is 0 Å². The first-order valence-electron chi connectivity index (χ1n) is 7.46. The average molecular weight is 239 g/mol. The molecule has 1 N–H and O–H groups in total. The Kier molecular flexibility index (Phi) is 4.48. The first-order chi connectivity index (χ1) is 8.08. The van der Waals surface area contributed by atoms with Crippen molar-refractivity contribution in [3.05, 3.63) is 0 Å². The van der Waals surface area contributed by atoms with Gasteiger partial charge in [-0.1, -0.05) is 20.3 Å². The van der Waals surface area contributed by atoms with Gasteiger partial charge in [0.25, 0.3) is 0 Å². The highest BCUT2D eigenvalue weighted by Gasteiger charge is 2.35. The lowest BCUT2D eigenvalue weighted by molar-refractivity contribution is 0.0118. The summed E-state index contributed by atoms with van der Waals surface area (Å²) < 4.78 is 0. The summed E-state index contributed by atoms with van der Waals surface area (Å²) in [6.07, 6.45) is 7.43. The van der Waals surface area contributed by atoms with E-state index in [0.29, 0.717) is 6.04 Å². The van der Waals surface area contributed by atoms with Gasteiger partial charge < -0.3 is 10.0 Å². The summed E-state index contributed by atoms with van der Waals surface area (Å²) in [6.45, 7) is 5.93. The van der Waals surface area contributed by atoms with Crippen LogP contribution in [-0.2, 0) is 0 Å². The maximum Gasteiger partial charge on any atom is 0.0555 e. The molecule has 0 aromatic carbocycles. The number of hydrogen-bond donors (Lipinski definition) is 1. The Balaban J connectivity index is 1.92. The highest BCUT2D eigenvalue weighted by Crippen LogP contribution is 2.35. The summed E-state index contributed by atoms with van der Waals surface area (Å²) in [5.41, 5.74) is 0. The lowest BCUT2D eigenvalue weighted by atomic mass is 9.75. The molecule has 17 heavy (non-hydrogen) atoms. The van der Waals surface area contributed by atoms with E-state index in [1.165, 1.54) is 32.2 Å². The van der Waals surface area contributed by atoms with Crippen LogP contribution in [0, 0.1) is 17.8 Å². The van der Waals surface area contributed by atoms with E-state index >= 15 is 0 Å². The molecule has 2 rings (SSSR count). The van der Waals surface area contributed by atoms with Gasteiger partial charge in [0.2, 0.25) is 0 Å². The van der Waals surface area contributed by atoms with Crippen LogP contribution in [0.15, 0.2) is 0 Å². The Morgan fingerprint density at radius 3 is 2.41 bits per heavy atom. The molecule has 0 amide bonds. The second-order valence-corrected chi connectivity index (χ2v) is 6.68. The van der Waals surface area contributed by atoms with Crippen LogP contribution in [0.5, 0.6) is 0 Å². The van der Waals surface area contributed by atoms with Gasteiger partial charge in [-0.25, -0.2) is 0 Å². The van der Waals surface area contributed by atoms with Crippen molar-refractivity contribution in [1.29, 1.82) is 0 Å². The van der Waals surface area contributed by atoms with Gasteiger partial charge in [0.1, 0.15) is 0 Å². The molecule has 0 radical (unpaired) electrons. The van der Waals surface area contributed by atoms with Crippen molar-refractivity contribution in [2.45, 2.75) is 64.5 Å². The van der Waals surface area contributed by atoms with E-state index in [0.717, 1.165) is 30.6 Å². The molecule has 0 aromatic rings. The van der Waals surface area contributed by atoms with Gasteiger partial charge in [-0.15, -0.1) is 0 Å². The van der Waals surface area contributed by atoms with Crippen LogP contribution in [0.3, 0.4) is 0 Å². The molecule has 3 atom stereocenters. The van der Waals surface area contributed by atoms with Crippen LogP contribution in [0.2, 0.25) is 0 Å². The minimum atomic E-state index is -0.0566. The fourth-order valence-corrected chi connectivity index (χ4v) is 3.65. The van der Waals surface area contributed by atoms with Crippen LogP contribution >= 0.6 is 0 Å². The highest BCUT2D eigenvalue weighted by molar-refractivity contribution is 4.88. The monoisotopic (exact) mass is 239 g/mol. The minimum absolute atomic E-state index is 0.0566. The van der Waals surface area contributed by atoms with Crippen LogP contribution < -0.4 is 0 Å². The molecule has 3 unspecified atom stereocenters. The Labute approximate surface area is 106 Å². The summed E-state index contributed by atoms with van der Waals surface area (Å²) in [5.74, 6) is 2.46.